The average molecular weight is 373 g/mol. The Balaban J connectivity index is 1.49. The van der Waals surface area contributed by atoms with E-state index in [-0.39, 0.29) is 24.0 Å². The van der Waals surface area contributed by atoms with Gasteiger partial charge in [-0.1, -0.05) is 6.08 Å². The molecule has 0 radical (unpaired) electrons. The number of aliphatic imine (C=N–C) groups is 1. The van der Waals surface area contributed by atoms with E-state index in [1.165, 1.54) is 6.08 Å². The smallest absolute Gasteiger partial charge is 0.213 e. The number of aryl methyl sites for hydroxylation is 1. The number of piperidine rings is 1. The van der Waals surface area contributed by atoms with Crippen LogP contribution < -0.4 is 9.64 Å². The Bertz CT molecular complexity index is 818. The topological polar surface area (TPSA) is 37.7 Å². The van der Waals surface area contributed by atoms with E-state index in [9.17, 15) is 8.78 Å². The molecule has 144 valence electrons. The van der Waals surface area contributed by atoms with E-state index in [1.807, 2.05) is 19.2 Å². The SMILES string of the molecule is CCOc1cc(C)c(N2CCC3N=C(C4=C(F)C=CCC4F)CC3C2)cn1. The molecule has 0 amide bonds. The Morgan fingerprint density at radius 2 is 2.22 bits per heavy atom. The molecule has 6 heteroatoms. The van der Waals surface area contributed by atoms with Crippen LogP contribution in [0.25, 0.3) is 0 Å². The third kappa shape index (κ3) is 3.49. The Hall–Kier alpha value is -2.24. The van der Waals surface area contributed by atoms with Crippen molar-refractivity contribution in [3.63, 3.8) is 0 Å². The number of ether oxygens (including phenoxy) is 1. The summed E-state index contributed by atoms with van der Waals surface area (Å²) in [5.41, 5.74) is 3.03. The van der Waals surface area contributed by atoms with Crippen LogP contribution in [-0.4, -0.2) is 42.6 Å². The fourth-order valence-electron chi connectivity index (χ4n) is 4.34. The lowest BCUT2D eigenvalue weighted by Crippen LogP contribution is -2.41. The van der Waals surface area contributed by atoms with Crippen molar-refractivity contribution in [2.24, 2.45) is 10.9 Å². The second kappa shape index (κ2) is 7.41. The van der Waals surface area contributed by atoms with Crippen molar-refractivity contribution < 1.29 is 13.5 Å². The molecule has 0 aromatic carbocycles. The summed E-state index contributed by atoms with van der Waals surface area (Å²) in [6.07, 6.45) is 5.28. The third-order valence-corrected chi connectivity index (χ3v) is 5.65. The van der Waals surface area contributed by atoms with Crippen molar-refractivity contribution in [3.8, 4) is 5.88 Å². The van der Waals surface area contributed by atoms with Crippen molar-refractivity contribution >= 4 is 11.4 Å². The molecular formula is C21H25F2N3O. The highest BCUT2D eigenvalue weighted by molar-refractivity contribution is 6.03. The third-order valence-electron chi connectivity index (χ3n) is 5.65. The predicted octanol–water partition coefficient (Wildman–Crippen LogP) is 4.35. The van der Waals surface area contributed by atoms with Crippen LogP contribution >= 0.6 is 0 Å². The number of hydrogen-bond acceptors (Lipinski definition) is 4. The van der Waals surface area contributed by atoms with Crippen molar-refractivity contribution in [2.45, 2.75) is 45.3 Å². The number of pyridine rings is 1. The first kappa shape index (κ1) is 18.1. The molecule has 1 aromatic rings. The number of aromatic nitrogens is 1. The van der Waals surface area contributed by atoms with E-state index in [4.69, 9.17) is 9.73 Å². The van der Waals surface area contributed by atoms with Gasteiger partial charge in [0.1, 0.15) is 12.0 Å². The molecule has 0 saturated carbocycles. The summed E-state index contributed by atoms with van der Waals surface area (Å²) < 4.78 is 33.9. The number of nitrogens with zero attached hydrogens (tertiary/aromatic N) is 3. The van der Waals surface area contributed by atoms with Gasteiger partial charge < -0.3 is 9.64 Å². The molecule has 0 N–H and O–H groups in total. The maximum absolute atomic E-state index is 14.3. The molecule has 4 nitrogen and oxygen atoms in total. The number of fused-ring (bicyclic) bond motifs is 1. The molecule has 0 bridgehead atoms. The lowest BCUT2D eigenvalue weighted by atomic mass is 9.88. The number of anilines is 1. The second-order valence-electron chi connectivity index (χ2n) is 7.45. The van der Waals surface area contributed by atoms with Gasteiger partial charge in [-0.25, -0.2) is 13.8 Å². The van der Waals surface area contributed by atoms with Gasteiger partial charge in [0, 0.05) is 42.8 Å². The Morgan fingerprint density at radius 3 is 2.96 bits per heavy atom. The first-order chi connectivity index (χ1) is 13.1. The van der Waals surface area contributed by atoms with Crippen molar-refractivity contribution in [1.29, 1.82) is 0 Å². The normalized spacial score (nSPS) is 27.6. The summed E-state index contributed by atoms with van der Waals surface area (Å²) in [5.74, 6) is 0.467. The molecule has 3 heterocycles. The molecule has 3 unspecified atom stereocenters. The molecule has 4 rings (SSSR count). The Morgan fingerprint density at radius 1 is 1.37 bits per heavy atom. The predicted molar refractivity (Wildman–Crippen MR) is 103 cm³/mol. The van der Waals surface area contributed by atoms with Crippen LogP contribution in [0.4, 0.5) is 14.5 Å². The van der Waals surface area contributed by atoms with Crippen LogP contribution in [0.5, 0.6) is 5.88 Å². The highest BCUT2D eigenvalue weighted by atomic mass is 19.1. The Kier molecular flexibility index (Phi) is 4.98. The summed E-state index contributed by atoms with van der Waals surface area (Å²) >= 11 is 0. The number of rotatable bonds is 4. The minimum Gasteiger partial charge on any atom is -0.478 e. The van der Waals surface area contributed by atoms with Gasteiger partial charge in [-0.05, 0) is 38.3 Å². The zero-order chi connectivity index (χ0) is 19.0. The monoisotopic (exact) mass is 373 g/mol. The van der Waals surface area contributed by atoms with Crippen LogP contribution in [0.1, 0.15) is 31.7 Å². The largest absolute Gasteiger partial charge is 0.478 e. The fraction of sp³-hybridized carbons (Fsp3) is 0.524. The van der Waals surface area contributed by atoms with E-state index in [0.29, 0.717) is 24.6 Å². The minimum absolute atomic E-state index is 0.158. The van der Waals surface area contributed by atoms with Crippen LogP contribution in [0.3, 0.4) is 0 Å². The number of halogens is 2. The number of hydrogen-bond donors (Lipinski definition) is 0. The second-order valence-corrected chi connectivity index (χ2v) is 7.45. The van der Waals surface area contributed by atoms with Crippen molar-refractivity contribution in [2.75, 3.05) is 24.6 Å². The van der Waals surface area contributed by atoms with Crippen LogP contribution in [-0.2, 0) is 0 Å². The quantitative estimate of drug-likeness (QED) is 0.787. The molecule has 0 spiro atoms. The van der Waals surface area contributed by atoms with Gasteiger partial charge in [0.2, 0.25) is 5.88 Å². The standard InChI is InChI=1S/C21H25F2N3O/c1-3-27-20-9-13(2)19(11-24-20)26-8-7-17-14(12-26)10-18(25-17)21-15(22)5-4-6-16(21)23/h4-5,9,11,14,16-17H,3,6-8,10,12H2,1-2H3. The maximum Gasteiger partial charge on any atom is 0.213 e. The van der Waals surface area contributed by atoms with Gasteiger partial charge >= 0.3 is 0 Å². The lowest BCUT2D eigenvalue weighted by molar-refractivity contribution is 0.326. The van der Waals surface area contributed by atoms with Gasteiger partial charge in [-0.3, -0.25) is 4.99 Å². The summed E-state index contributed by atoms with van der Waals surface area (Å²) in [7, 11) is 0. The van der Waals surface area contributed by atoms with Crippen molar-refractivity contribution in [1.82, 2.24) is 4.98 Å². The van der Waals surface area contributed by atoms with Gasteiger partial charge in [0.15, 0.2) is 0 Å². The highest BCUT2D eigenvalue weighted by Crippen LogP contribution is 2.37. The zero-order valence-electron chi connectivity index (χ0n) is 15.8. The van der Waals surface area contributed by atoms with E-state index >= 15 is 0 Å². The number of alkyl halides is 1. The van der Waals surface area contributed by atoms with Gasteiger partial charge in [0.25, 0.3) is 0 Å². The van der Waals surface area contributed by atoms with E-state index in [2.05, 4.69) is 16.8 Å². The van der Waals surface area contributed by atoms with E-state index < -0.39 is 12.0 Å². The fourth-order valence-corrected chi connectivity index (χ4v) is 4.34. The molecule has 2 aliphatic heterocycles. The van der Waals surface area contributed by atoms with Gasteiger partial charge in [-0.15, -0.1) is 0 Å². The Labute approximate surface area is 158 Å². The lowest BCUT2D eigenvalue weighted by Gasteiger charge is -2.36. The van der Waals surface area contributed by atoms with Gasteiger partial charge in [0.05, 0.1) is 24.5 Å². The zero-order valence-corrected chi connectivity index (χ0v) is 15.8. The maximum atomic E-state index is 14.3. The molecule has 1 fully saturated rings. The summed E-state index contributed by atoms with van der Waals surface area (Å²) in [6, 6.07) is 2.12. The first-order valence-electron chi connectivity index (χ1n) is 9.68. The van der Waals surface area contributed by atoms with Crippen molar-refractivity contribution in [3.05, 3.63) is 41.4 Å². The summed E-state index contributed by atoms with van der Waals surface area (Å²) in [6.45, 7) is 6.29. The van der Waals surface area contributed by atoms with E-state index in [0.717, 1.165) is 30.8 Å². The molecule has 27 heavy (non-hydrogen) atoms. The molecular weight excluding hydrogens is 348 g/mol. The molecule has 3 atom stereocenters. The first-order valence-corrected chi connectivity index (χ1v) is 9.68. The van der Waals surface area contributed by atoms with Crippen LogP contribution in [0.2, 0.25) is 0 Å². The van der Waals surface area contributed by atoms with E-state index in [1.54, 1.807) is 6.08 Å². The molecule has 3 aliphatic rings. The average Bonchev–Trinajstić information content (AvgIpc) is 3.04. The molecule has 1 aromatic heterocycles. The molecule has 1 aliphatic carbocycles. The minimum atomic E-state index is -1.28. The summed E-state index contributed by atoms with van der Waals surface area (Å²) in [4.78, 5) is 11.4. The van der Waals surface area contributed by atoms with Crippen LogP contribution in [0, 0.1) is 12.8 Å². The highest BCUT2D eigenvalue weighted by Gasteiger charge is 2.38. The number of allylic oxidation sites excluding steroid dienone is 4. The molecule has 1 saturated heterocycles. The summed E-state index contributed by atoms with van der Waals surface area (Å²) in [5, 5.41) is 0. The van der Waals surface area contributed by atoms with Crippen LogP contribution in [0.15, 0.2) is 40.8 Å². The van der Waals surface area contributed by atoms with Gasteiger partial charge in [-0.2, -0.15) is 0 Å².